The molecule has 0 nitrogen and oxygen atoms in total. The van der Waals surface area contributed by atoms with E-state index in [4.69, 9.17) is 0 Å². The summed E-state index contributed by atoms with van der Waals surface area (Å²) in [6.45, 7) is 0. The van der Waals surface area contributed by atoms with E-state index in [0.29, 0.717) is 0 Å². The fourth-order valence-corrected chi connectivity index (χ4v) is 8.80. The fourth-order valence-electron chi connectivity index (χ4n) is 4.28. The minimum absolute atomic E-state index is 0. The molecule has 0 aromatic heterocycles. The molecular formula is C34H24F4FeP2-6. The summed E-state index contributed by atoms with van der Waals surface area (Å²) < 4.78 is 52.4. The molecule has 0 aliphatic carbocycles. The van der Waals surface area contributed by atoms with Crippen molar-refractivity contribution in [2.24, 2.45) is 0 Å². The van der Waals surface area contributed by atoms with Crippen LogP contribution in [0.5, 0.6) is 0 Å². The number of halogens is 4. The summed E-state index contributed by atoms with van der Waals surface area (Å²) in [5.41, 5.74) is 0. The Balaban J connectivity index is 0.000000184. The summed E-state index contributed by atoms with van der Waals surface area (Å²) in [6, 6.07) is 42.3. The molecule has 0 atom stereocenters. The van der Waals surface area contributed by atoms with Crippen molar-refractivity contribution in [1.29, 1.82) is 0 Å². The summed E-state index contributed by atoms with van der Waals surface area (Å²) in [6.07, 6.45) is 0. The molecule has 0 amide bonds. The predicted octanol–water partition coefficient (Wildman–Crippen LogP) is 6.88. The molecule has 0 spiro atoms. The number of hydrogen-bond acceptors (Lipinski definition) is 0. The van der Waals surface area contributed by atoms with E-state index in [1.165, 1.54) is 59.1 Å². The summed E-state index contributed by atoms with van der Waals surface area (Å²) in [7, 11) is -1.53. The first-order chi connectivity index (χ1) is 19.5. The largest absolute Gasteiger partial charge is 0.747 e. The average molecular weight is 626 g/mol. The van der Waals surface area contributed by atoms with Crippen LogP contribution >= 0.6 is 15.8 Å². The second-order valence-corrected chi connectivity index (χ2v) is 13.3. The zero-order valence-corrected chi connectivity index (χ0v) is 24.5. The van der Waals surface area contributed by atoms with Crippen molar-refractivity contribution in [2.45, 2.75) is 0 Å². The molecule has 6 aromatic rings. The number of benzene rings is 4. The molecule has 0 heterocycles. The van der Waals surface area contributed by atoms with Crippen molar-refractivity contribution in [3.8, 4) is 0 Å². The van der Waals surface area contributed by atoms with E-state index in [0.717, 1.165) is 21.2 Å². The topological polar surface area (TPSA) is 0 Å². The van der Waals surface area contributed by atoms with Gasteiger partial charge in [-0.2, -0.15) is 12.1 Å². The van der Waals surface area contributed by atoms with Gasteiger partial charge in [0.05, 0.1) is 0 Å². The Morgan fingerprint density at radius 3 is 1.05 bits per heavy atom. The zero-order chi connectivity index (χ0) is 27.9. The molecule has 41 heavy (non-hydrogen) atoms. The molecule has 0 aliphatic heterocycles. The molecule has 0 saturated carbocycles. The van der Waals surface area contributed by atoms with E-state index in [1.807, 2.05) is 24.3 Å². The molecule has 7 heteroatoms. The van der Waals surface area contributed by atoms with Gasteiger partial charge < -0.3 is 29.6 Å². The summed E-state index contributed by atoms with van der Waals surface area (Å²) in [4.78, 5) is 0. The van der Waals surface area contributed by atoms with Gasteiger partial charge in [0.15, 0.2) is 0 Å². The Morgan fingerprint density at radius 2 is 0.732 bits per heavy atom. The van der Waals surface area contributed by atoms with E-state index in [2.05, 4.69) is 24.3 Å². The van der Waals surface area contributed by atoms with Crippen LogP contribution < -0.4 is 31.8 Å². The normalized spacial score (nSPS) is 10.7. The quantitative estimate of drug-likeness (QED) is 0.0819. The first-order valence-corrected chi connectivity index (χ1v) is 15.2. The van der Waals surface area contributed by atoms with Crippen molar-refractivity contribution >= 4 is 47.7 Å². The third-order valence-electron chi connectivity index (χ3n) is 6.15. The van der Waals surface area contributed by atoms with Crippen LogP contribution in [0.1, 0.15) is 0 Å². The smallest absolute Gasteiger partial charge is 0.123 e. The Hall–Kier alpha value is -3.32. The number of rotatable bonds is 6. The van der Waals surface area contributed by atoms with Crippen LogP contribution in [0.15, 0.2) is 146 Å². The van der Waals surface area contributed by atoms with Crippen molar-refractivity contribution in [2.75, 3.05) is 0 Å². The number of hydrogen-bond donors (Lipinski definition) is 0. The molecule has 0 radical (unpaired) electrons. The second kappa shape index (κ2) is 14.5. The van der Waals surface area contributed by atoms with E-state index in [-0.39, 0.29) is 40.3 Å². The van der Waals surface area contributed by atoms with Crippen LogP contribution in [0.4, 0.5) is 17.6 Å². The van der Waals surface area contributed by atoms with E-state index < -0.39 is 15.8 Å². The summed E-state index contributed by atoms with van der Waals surface area (Å²) >= 11 is 0. The maximum atomic E-state index is 13.1. The van der Waals surface area contributed by atoms with Crippen LogP contribution in [-0.2, 0) is 17.1 Å². The van der Waals surface area contributed by atoms with Crippen LogP contribution in [-0.4, -0.2) is 0 Å². The van der Waals surface area contributed by atoms with Crippen molar-refractivity contribution in [3.05, 3.63) is 169 Å². The fraction of sp³-hybridized carbons (Fsp3) is 0. The molecule has 0 bridgehead atoms. The Labute approximate surface area is 250 Å². The van der Waals surface area contributed by atoms with Gasteiger partial charge in [-0.3, -0.25) is 0 Å². The van der Waals surface area contributed by atoms with Gasteiger partial charge in [-0.15, -0.1) is 5.30 Å². The SMILES string of the molecule is Fc1ccc(P(c2ccc(F)cc2)[c-]2[cH-][cH-][cH-][cH-]2)cc1.Fc1ccc(P(c2ccc(F)cc2)[c-]2cccc2)cc1.[Fe]. The molecule has 6 rings (SSSR count). The summed E-state index contributed by atoms with van der Waals surface area (Å²) in [5.74, 6) is -0.980. The zero-order valence-electron chi connectivity index (χ0n) is 21.6. The van der Waals surface area contributed by atoms with Crippen LogP contribution in [0.25, 0.3) is 0 Å². The Bertz CT molecular complexity index is 1380. The van der Waals surface area contributed by atoms with Crippen molar-refractivity contribution in [1.82, 2.24) is 0 Å². The van der Waals surface area contributed by atoms with Gasteiger partial charge in [-0.1, -0.05) is 67.1 Å². The van der Waals surface area contributed by atoms with Gasteiger partial charge >= 0.3 is 0 Å². The minimum atomic E-state index is -0.767. The van der Waals surface area contributed by atoms with Crippen LogP contribution in [0.2, 0.25) is 0 Å². The third kappa shape index (κ3) is 7.91. The maximum Gasteiger partial charge on any atom is 0.123 e. The maximum absolute atomic E-state index is 13.1. The molecule has 0 fully saturated rings. The van der Waals surface area contributed by atoms with Gasteiger partial charge in [0.25, 0.3) is 0 Å². The predicted molar refractivity (Wildman–Crippen MR) is 161 cm³/mol. The molecule has 212 valence electrons. The molecule has 0 saturated heterocycles. The first-order valence-electron chi connectivity index (χ1n) is 12.5. The molecular weight excluding hydrogens is 602 g/mol. The molecule has 0 unspecified atom stereocenters. The average Bonchev–Trinajstić information content (AvgIpc) is 3.69. The second-order valence-electron chi connectivity index (χ2n) is 8.86. The Kier molecular flexibility index (Phi) is 10.9. The van der Waals surface area contributed by atoms with Gasteiger partial charge in [0, 0.05) is 17.1 Å². The minimum Gasteiger partial charge on any atom is -0.747 e. The van der Waals surface area contributed by atoms with Gasteiger partial charge in [0.1, 0.15) is 23.3 Å². The molecule has 0 N–H and O–H groups in total. The van der Waals surface area contributed by atoms with Crippen molar-refractivity contribution < 1.29 is 34.6 Å². The van der Waals surface area contributed by atoms with E-state index >= 15 is 0 Å². The van der Waals surface area contributed by atoms with Crippen LogP contribution in [0.3, 0.4) is 0 Å². The first kappa shape index (κ1) is 30.6. The Morgan fingerprint density at radius 1 is 0.439 bits per heavy atom. The van der Waals surface area contributed by atoms with Gasteiger partial charge in [0.2, 0.25) is 0 Å². The van der Waals surface area contributed by atoms with Crippen LogP contribution in [0, 0.1) is 23.3 Å². The monoisotopic (exact) mass is 626 g/mol. The van der Waals surface area contributed by atoms with E-state index in [9.17, 15) is 17.6 Å². The van der Waals surface area contributed by atoms with E-state index in [1.54, 1.807) is 48.5 Å². The molecule has 0 aliphatic rings. The third-order valence-corrected chi connectivity index (χ3v) is 11.0. The van der Waals surface area contributed by atoms with Crippen molar-refractivity contribution in [3.63, 3.8) is 0 Å². The van der Waals surface area contributed by atoms with Gasteiger partial charge in [-0.25, -0.2) is 37.6 Å². The summed E-state index contributed by atoms with van der Waals surface area (Å²) in [5, 5.41) is 6.58. The standard InChI is InChI=1S/2C17H12F2P.Fe/c2*18-13-5-9-16(10-6-13)20(15-3-1-2-4-15)17-11-7-14(19)8-12-17;/h2*1-12H;/q-5;-1;. The molecule has 6 aromatic carbocycles. The van der Waals surface area contributed by atoms with Gasteiger partial charge in [-0.05, 0) is 59.1 Å².